The van der Waals surface area contributed by atoms with Gasteiger partial charge >= 0.3 is 12.1 Å². The van der Waals surface area contributed by atoms with Crippen LogP contribution in [0.25, 0.3) is 0 Å². The third-order valence-electron chi connectivity index (χ3n) is 7.45. The van der Waals surface area contributed by atoms with E-state index < -0.39 is 36.0 Å². The van der Waals surface area contributed by atoms with Gasteiger partial charge in [0.1, 0.15) is 6.61 Å². The maximum atomic E-state index is 13.9. The van der Waals surface area contributed by atoms with E-state index in [4.69, 9.17) is 18.9 Å². The van der Waals surface area contributed by atoms with Gasteiger partial charge in [0.2, 0.25) is 0 Å². The molecule has 0 aliphatic rings. The smallest absolute Gasteiger partial charge is 0.407 e. The normalized spacial score (nSPS) is 14.1. The summed E-state index contributed by atoms with van der Waals surface area (Å²) in [7, 11) is 3.13. The van der Waals surface area contributed by atoms with Crippen LogP contribution in [-0.4, -0.2) is 67.6 Å². The fourth-order valence-electron chi connectivity index (χ4n) is 4.81. The largest absolute Gasteiger partial charge is 0.493 e. The highest BCUT2D eigenvalue weighted by Gasteiger charge is 2.35. The summed E-state index contributed by atoms with van der Waals surface area (Å²) in [6.07, 6.45) is -1.38. The van der Waals surface area contributed by atoms with E-state index in [1.54, 1.807) is 39.2 Å². The molecule has 2 rings (SSSR count). The number of benzene rings is 2. The van der Waals surface area contributed by atoms with Gasteiger partial charge < -0.3 is 34.5 Å². The first-order valence-corrected chi connectivity index (χ1v) is 14.7. The van der Waals surface area contributed by atoms with Crippen molar-refractivity contribution in [3.8, 4) is 11.5 Å². The molecule has 4 atom stereocenters. The van der Waals surface area contributed by atoms with Gasteiger partial charge in [-0.25, -0.2) is 4.79 Å². The lowest BCUT2D eigenvalue weighted by Gasteiger charge is -2.31. The van der Waals surface area contributed by atoms with Crippen molar-refractivity contribution in [2.75, 3.05) is 27.4 Å². The summed E-state index contributed by atoms with van der Waals surface area (Å²) in [4.78, 5) is 38.6. The third-order valence-corrected chi connectivity index (χ3v) is 7.45. The van der Waals surface area contributed by atoms with E-state index in [0.29, 0.717) is 36.7 Å². The molecule has 2 aromatic rings. The fourth-order valence-corrected chi connectivity index (χ4v) is 4.81. The molecule has 0 aliphatic heterocycles. The van der Waals surface area contributed by atoms with E-state index in [9.17, 15) is 24.6 Å². The number of alkyl carbamates (subject to hydrolysis) is 1. The number of nitrogens with one attached hydrogen (secondary N) is 1. The molecule has 0 bridgehead atoms. The maximum Gasteiger partial charge on any atom is 0.407 e. The number of carboxylic acid groups (broad SMARTS) is 1. The van der Waals surface area contributed by atoms with Crippen LogP contribution in [0.3, 0.4) is 0 Å². The van der Waals surface area contributed by atoms with Gasteiger partial charge in [-0.3, -0.25) is 9.59 Å². The van der Waals surface area contributed by atoms with Gasteiger partial charge in [-0.2, -0.15) is 0 Å². The number of methoxy groups -OCH3 is 2. The highest BCUT2D eigenvalue weighted by atomic mass is 16.5. The summed E-state index contributed by atoms with van der Waals surface area (Å²) in [5.41, 5.74) is 1.18. The summed E-state index contributed by atoms with van der Waals surface area (Å²) >= 11 is 0. The zero-order valence-corrected chi connectivity index (χ0v) is 26.1. The number of amides is 1. The van der Waals surface area contributed by atoms with E-state index in [1.165, 1.54) is 7.11 Å². The summed E-state index contributed by atoms with van der Waals surface area (Å²) in [6.45, 7) is 8.23. The van der Waals surface area contributed by atoms with Gasteiger partial charge in [-0.15, -0.1) is 0 Å². The first-order valence-electron chi connectivity index (χ1n) is 14.7. The fraction of sp³-hybridized carbons (Fsp3) is 0.545. The molecule has 1 amide bonds. The average molecular weight is 602 g/mol. The summed E-state index contributed by atoms with van der Waals surface area (Å²) < 4.78 is 21.7. The van der Waals surface area contributed by atoms with Gasteiger partial charge in [0.25, 0.3) is 0 Å². The second kappa shape index (κ2) is 18.1. The molecule has 0 aliphatic carbocycles. The van der Waals surface area contributed by atoms with Crippen molar-refractivity contribution in [3.05, 3.63) is 59.7 Å². The van der Waals surface area contributed by atoms with Crippen LogP contribution in [0.2, 0.25) is 0 Å². The first kappa shape index (κ1) is 35.6. The number of aliphatic carboxylic acids is 1. The number of carboxylic acids is 1. The Bertz CT molecular complexity index is 1150. The van der Waals surface area contributed by atoms with Crippen LogP contribution in [0.5, 0.6) is 11.5 Å². The topological polar surface area (TPSA) is 141 Å². The quantitative estimate of drug-likeness (QED) is 0.143. The molecule has 3 N–H and O–H groups in total. The van der Waals surface area contributed by atoms with Crippen molar-refractivity contribution >= 4 is 17.8 Å². The number of carbonyl (C=O) groups excluding carboxylic acids is 2. The monoisotopic (exact) mass is 601 g/mol. The summed E-state index contributed by atoms with van der Waals surface area (Å²) in [6, 6.07) is 13.2. The first-order chi connectivity index (χ1) is 20.5. The highest BCUT2D eigenvalue weighted by molar-refractivity contribution is 5.98. The Kier molecular flexibility index (Phi) is 15.0. The van der Waals surface area contributed by atoms with Crippen LogP contribution in [0.4, 0.5) is 4.79 Å². The lowest BCUT2D eigenvalue weighted by Crippen LogP contribution is -2.47. The van der Waals surface area contributed by atoms with Gasteiger partial charge in [0, 0.05) is 31.6 Å². The van der Waals surface area contributed by atoms with Crippen LogP contribution in [0.1, 0.15) is 62.9 Å². The minimum Gasteiger partial charge on any atom is -0.493 e. The van der Waals surface area contributed by atoms with Gasteiger partial charge in [0.05, 0.1) is 31.8 Å². The van der Waals surface area contributed by atoms with Crippen molar-refractivity contribution in [1.29, 1.82) is 0 Å². The van der Waals surface area contributed by atoms with Crippen LogP contribution in [-0.2, 0) is 20.9 Å². The predicted molar refractivity (Wildman–Crippen MR) is 162 cm³/mol. The van der Waals surface area contributed by atoms with E-state index >= 15 is 0 Å². The number of rotatable bonds is 19. The molecule has 10 heteroatoms. The number of carbonyl (C=O) groups is 3. The number of hydrogen-bond acceptors (Lipinski definition) is 8. The molecule has 43 heavy (non-hydrogen) atoms. The lowest BCUT2D eigenvalue weighted by molar-refractivity contribution is -0.144. The standard InChI is InChI=1S/C33H47NO9/c1-21(2)25(31(36)24-13-14-29(41-6)30(17-24)42-16-10-15-40-5)18-27(28(35)19-26(22(3)4)32(37)38)34-33(39)43-20-23-11-8-7-9-12-23/h7-9,11-14,17,21-22,25-28,35H,10,15-16,18-20H2,1-6H3,(H,34,39)(H,37,38)/t25-,26-,27?,28?/m0/s1. The van der Waals surface area contributed by atoms with Crippen LogP contribution < -0.4 is 14.8 Å². The van der Waals surface area contributed by atoms with Gasteiger partial charge in [-0.1, -0.05) is 58.0 Å². The number of hydrogen-bond donors (Lipinski definition) is 3. The molecule has 0 fully saturated rings. The Morgan fingerprint density at radius 2 is 1.53 bits per heavy atom. The lowest BCUT2D eigenvalue weighted by atomic mass is 9.80. The third kappa shape index (κ3) is 11.5. The molecule has 10 nitrogen and oxygen atoms in total. The van der Waals surface area contributed by atoms with Crippen molar-refractivity contribution in [3.63, 3.8) is 0 Å². The SMILES string of the molecule is COCCCOc1cc(C(=O)[C@@H](CC(NC(=O)OCc2ccccc2)C(O)C[C@H](C(=O)O)C(C)C)C(C)C)ccc1OC. The number of aliphatic hydroxyl groups excluding tert-OH is 1. The molecule has 0 radical (unpaired) electrons. The Morgan fingerprint density at radius 1 is 0.860 bits per heavy atom. The Balaban J connectivity index is 2.30. The van der Waals surface area contributed by atoms with Crippen LogP contribution in [0.15, 0.2) is 48.5 Å². The van der Waals surface area contributed by atoms with Crippen molar-refractivity contribution < 1.29 is 43.5 Å². The number of aliphatic hydroxyl groups is 1. The van der Waals surface area contributed by atoms with Crippen LogP contribution >= 0.6 is 0 Å². The molecule has 0 aromatic heterocycles. The molecule has 0 heterocycles. The second-order valence-electron chi connectivity index (χ2n) is 11.3. The Hall–Kier alpha value is -3.63. The number of Topliss-reactive ketones (excluding diaryl/α,β-unsaturated/α-hetero) is 1. The Labute approximate surface area is 254 Å². The molecule has 0 saturated carbocycles. The zero-order valence-electron chi connectivity index (χ0n) is 26.1. The molecule has 238 valence electrons. The molecular formula is C33H47NO9. The molecule has 2 unspecified atom stereocenters. The Morgan fingerprint density at radius 3 is 2.12 bits per heavy atom. The van der Waals surface area contributed by atoms with E-state index in [-0.39, 0.29) is 37.1 Å². The maximum absolute atomic E-state index is 13.9. The van der Waals surface area contributed by atoms with Gasteiger partial charge in [-0.05, 0) is 48.4 Å². The second-order valence-corrected chi connectivity index (χ2v) is 11.3. The minimum absolute atomic E-state index is 0.0186. The molecule has 0 saturated heterocycles. The predicted octanol–water partition coefficient (Wildman–Crippen LogP) is 5.36. The van der Waals surface area contributed by atoms with Crippen molar-refractivity contribution in [2.24, 2.45) is 23.7 Å². The number of ether oxygens (including phenoxy) is 4. The van der Waals surface area contributed by atoms with Crippen molar-refractivity contribution in [1.82, 2.24) is 5.32 Å². The van der Waals surface area contributed by atoms with E-state index in [0.717, 1.165) is 5.56 Å². The average Bonchev–Trinajstić information content (AvgIpc) is 2.98. The number of ketones is 1. The van der Waals surface area contributed by atoms with E-state index in [2.05, 4.69) is 5.32 Å². The molecule has 0 spiro atoms. The molecule has 2 aromatic carbocycles. The van der Waals surface area contributed by atoms with Crippen molar-refractivity contribution in [2.45, 2.75) is 65.7 Å². The zero-order chi connectivity index (χ0) is 31.9. The van der Waals surface area contributed by atoms with E-state index in [1.807, 2.05) is 44.2 Å². The van der Waals surface area contributed by atoms with Gasteiger partial charge in [0.15, 0.2) is 17.3 Å². The summed E-state index contributed by atoms with van der Waals surface area (Å²) in [5.74, 6) is -2.20. The molecular weight excluding hydrogens is 554 g/mol. The highest BCUT2D eigenvalue weighted by Crippen LogP contribution is 2.32. The minimum atomic E-state index is -1.24. The van der Waals surface area contributed by atoms with Crippen LogP contribution in [0, 0.1) is 23.7 Å². The summed E-state index contributed by atoms with van der Waals surface area (Å²) in [5, 5.41) is 23.7.